The van der Waals surface area contributed by atoms with Crippen LogP contribution in [0.5, 0.6) is 5.75 Å². The van der Waals surface area contributed by atoms with Crippen molar-refractivity contribution in [2.24, 2.45) is 0 Å². The number of unbranched alkanes of at least 4 members (excludes halogenated alkanes) is 4. The lowest BCUT2D eigenvalue weighted by Gasteiger charge is -2.20. The average Bonchev–Trinajstić information content (AvgIpc) is 3.02. The number of phenols is 1. The predicted octanol–water partition coefficient (Wildman–Crippen LogP) is 8.33. The maximum Gasteiger partial charge on any atom is 0.119 e. The zero-order valence-electron chi connectivity index (χ0n) is 18.8. The smallest absolute Gasteiger partial charge is 0.119 e. The van der Waals surface area contributed by atoms with Crippen LogP contribution >= 0.6 is 23.5 Å². The molecule has 0 saturated carbocycles. The molecule has 1 aliphatic heterocycles. The first kappa shape index (κ1) is 24.0. The van der Waals surface area contributed by atoms with Crippen LogP contribution in [-0.4, -0.2) is 20.2 Å². The Kier molecular flexibility index (Phi) is 10.1. The van der Waals surface area contributed by atoms with Gasteiger partial charge in [-0.05, 0) is 54.7 Å². The molecule has 160 valence electrons. The maximum absolute atomic E-state index is 10.3. The zero-order valence-corrected chi connectivity index (χ0v) is 20.4. The van der Waals surface area contributed by atoms with E-state index in [2.05, 4.69) is 70.3 Å². The largest absolute Gasteiger partial charge is 0.508 e. The van der Waals surface area contributed by atoms with Crippen LogP contribution in [0.25, 0.3) is 0 Å². The van der Waals surface area contributed by atoms with Crippen LogP contribution in [0.3, 0.4) is 0 Å². The van der Waals surface area contributed by atoms with E-state index in [-0.39, 0.29) is 5.41 Å². The number of thioether (sulfide) groups is 2. The number of hydrogen-bond acceptors (Lipinski definition) is 3. The number of phenolic OH excluding ortho intramolecular Hbond substituents is 1. The van der Waals surface area contributed by atoms with E-state index in [1.54, 1.807) is 0 Å². The summed E-state index contributed by atoms with van der Waals surface area (Å²) in [5.74, 6) is 0.462. The van der Waals surface area contributed by atoms with Crippen molar-refractivity contribution in [2.75, 3.05) is 0 Å². The van der Waals surface area contributed by atoms with E-state index in [0.717, 1.165) is 27.1 Å². The molecule has 0 amide bonds. The second kappa shape index (κ2) is 11.8. The Morgan fingerprint density at radius 2 is 1.57 bits per heavy atom. The van der Waals surface area contributed by atoms with Crippen molar-refractivity contribution >= 4 is 23.5 Å². The fourth-order valence-corrected chi connectivity index (χ4v) is 8.35. The summed E-state index contributed by atoms with van der Waals surface area (Å²) in [7, 11) is 0. The topological polar surface area (TPSA) is 20.2 Å². The number of benzene rings is 1. The van der Waals surface area contributed by atoms with Gasteiger partial charge in [-0.15, -0.1) is 23.5 Å². The Morgan fingerprint density at radius 3 is 2.21 bits per heavy atom. The molecule has 1 saturated heterocycles. The number of rotatable bonds is 11. The highest BCUT2D eigenvalue weighted by molar-refractivity contribution is 8.20. The van der Waals surface area contributed by atoms with Crippen molar-refractivity contribution < 1.29 is 5.11 Å². The molecule has 1 aromatic carbocycles. The average molecular weight is 423 g/mol. The molecule has 1 N–H and O–H groups in total. The quantitative estimate of drug-likeness (QED) is 0.362. The SMILES string of the molecule is CCCC1SC(CC)C(CCCCCCCc2ccc(C(C)(C)C)c(O)c2)S1. The molecular formula is C25H42OS2. The van der Waals surface area contributed by atoms with E-state index in [0.29, 0.717) is 5.75 Å². The Hall–Kier alpha value is -0.280. The predicted molar refractivity (Wildman–Crippen MR) is 130 cm³/mol. The number of aromatic hydroxyl groups is 1. The van der Waals surface area contributed by atoms with Crippen LogP contribution in [0.2, 0.25) is 0 Å². The molecule has 0 spiro atoms. The van der Waals surface area contributed by atoms with Gasteiger partial charge < -0.3 is 5.11 Å². The Labute approximate surface area is 182 Å². The fraction of sp³-hybridized carbons (Fsp3) is 0.760. The molecule has 1 heterocycles. The second-order valence-corrected chi connectivity index (χ2v) is 12.6. The molecule has 1 aliphatic rings. The van der Waals surface area contributed by atoms with Crippen LogP contribution in [0.15, 0.2) is 18.2 Å². The lowest BCUT2D eigenvalue weighted by molar-refractivity contribution is 0.445. The standard InChI is InChI=1S/C25H42OS2/c1-6-13-24-27-22(7-2)23(28-24)15-12-10-8-9-11-14-19-16-17-20(21(26)18-19)25(3,4)5/h16-18,22-24,26H,6-15H2,1-5H3. The van der Waals surface area contributed by atoms with Crippen molar-refractivity contribution in [1.82, 2.24) is 0 Å². The highest BCUT2D eigenvalue weighted by atomic mass is 32.2. The third kappa shape index (κ3) is 7.52. The molecule has 1 nitrogen and oxygen atoms in total. The van der Waals surface area contributed by atoms with Gasteiger partial charge in [0, 0.05) is 10.5 Å². The highest BCUT2D eigenvalue weighted by Gasteiger charge is 2.33. The molecule has 0 aliphatic carbocycles. The first-order chi connectivity index (χ1) is 13.3. The Bertz CT molecular complexity index is 578. The van der Waals surface area contributed by atoms with Gasteiger partial charge in [-0.1, -0.05) is 78.9 Å². The van der Waals surface area contributed by atoms with Crippen molar-refractivity contribution in [1.29, 1.82) is 0 Å². The van der Waals surface area contributed by atoms with Gasteiger partial charge in [0.1, 0.15) is 5.75 Å². The lowest BCUT2D eigenvalue weighted by atomic mass is 9.85. The van der Waals surface area contributed by atoms with Crippen molar-refractivity contribution in [2.45, 2.75) is 119 Å². The molecule has 1 fully saturated rings. The number of hydrogen-bond donors (Lipinski definition) is 1. The van der Waals surface area contributed by atoms with Gasteiger partial charge >= 0.3 is 0 Å². The summed E-state index contributed by atoms with van der Waals surface area (Å²) in [6.07, 6.45) is 13.2. The summed E-state index contributed by atoms with van der Waals surface area (Å²) in [6.45, 7) is 11.1. The molecule has 3 unspecified atom stereocenters. The summed E-state index contributed by atoms with van der Waals surface area (Å²) in [4.78, 5) is 0. The first-order valence-electron chi connectivity index (χ1n) is 11.5. The van der Waals surface area contributed by atoms with Crippen molar-refractivity contribution in [3.63, 3.8) is 0 Å². The van der Waals surface area contributed by atoms with E-state index >= 15 is 0 Å². The Morgan fingerprint density at radius 1 is 0.893 bits per heavy atom. The van der Waals surface area contributed by atoms with Gasteiger partial charge in [-0.2, -0.15) is 0 Å². The van der Waals surface area contributed by atoms with Crippen molar-refractivity contribution in [3.8, 4) is 5.75 Å². The molecule has 0 aromatic heterocycles. The maximum atomic E-state index is 10.3. The third-order valence-electron chi connectivity index (χ3n) is 5.82. The third-order valence-corrected chi connectivity index (χ3v) is 9.66. The fourth-order valence-electron chi connectivity index (χ4n) is 4.15. The minimum absolute atomic E-state index is 0.00602. The summed E-state index contributed by atoms with van der Waals surface area (Å²) >= 11 is 4.54. The minimum Gasteiger partial charge on any atom is -0.508 e. The number of aryl methyl sites for hydroxylation is 1. The summed E-state index contributed by atoms with van der Waals surface area (Å²) in [5.41, 5.74) is 2.33. The first-order valence-corrected chi connectivity index (χ1v) is 13.4. The highest BCUT2D eigenvalue weighted by Crippen LogP contribution is 2.48. The van der Waals surface area contributed by atoms with Gasteiger partial charge in [0.15, 0.2) is 0 Å². The molecular weight excluding hydrogens is 380 g/mol. The van der Waals surface area contributed by atoms with Crippen molar-refractivity contribution in [3.05, 3.63) is 29.3 Å². The minimum atomic E-state index is 0.00602. The summed E-state index contributed by atoms with van der Waals surface area (Å²) in [5, 5.41) is 12.1. The van der Waals surface area contributed by atoms with Crippen LogP contribution in [0.1, 0.15) is 104 Å². The van der Waals surface area contributed by atoms with Crippen LogP contribution < -0.4 is 0 Å². The van der Waals surface area contributed by atoms with E-state index in [9.17, 15) is 5.11 Å². The van der Waals surface area contributed by atoms with Gasteiger partial charge in [0.2, 0.25) is 0 Å². The molecule has 2 rings (SSSR count). The second-order valence-electron chi connectivity index (χ2n) is 9.38. The lowest BCUT2D eigenvalue weighted by Crippen LogP contribution is -2.13. The summed E-state index contributed by atoms with van der Waals surface area (Å²) < 4.78 is 0.862. The Balaban J connectivity index is 1.60. The van der Waals surface area contributed by atoms with E-state index < -0.39 is 0 Å². The molecule has 3 atom stereocenters. The van der Waals surface area contributed by atoms with Gasteiger partial charge in [-0.25, -0.2) is 0 Å². The van der Waals surface area contributed by atoms with Crippen LogP contribution in [0.4, 0.5) is 0 Å². The van der Waals surface area contributed by atoms with Gasteiger partial charge in [-0.3, -0.25) is 0 Å². The molecule has 0 bridgehead atoms. The molecule has 0 radical (unpaired) electrons. The molecule has 3 heteroatoms. The monoisotopic (exact) mass is 422 g/mol. The van der Waals surface area contributed by atoms with Crippen LogP contribution in [-0.2, 0) is 11.8 Å². The van der Waals surface area contributed by atoms with E-state index in [1.807, 2.05) is 6.07 Å². The normalized spacial score (nSPS) is 22.7. The van der Waals surface area contributed by atoms with Crippen LogP contribution in [0, 0.1) is 0 Å². The zero-order chi connectivity index (χ0) is 20.6. The molecule has 28 heavy (non-hydrogen) atoms. The molecule has 1 aromatic rings. The van der Waals surface area contributed by atoms with E-state index in [4.69, 9.17) is 0 Å². The van der Waals surface area contributed by atoms with Gasteiger partial charge in [0.05, 0.1) is 4.58 Å². The summed E-state index contributed by atoms with van der Waals surface area (Å²) in [6, 6.07) is 6.29. The van der Waals surface area contributed by atoms with E-state index in [1.165, 1.54) is 63.4 Å². The van der Waals surface area contributed by atoms with Gasteiger partial charge in [0.25, 0.3) is 0 Å².